The number of aliphatic hydroxyl groups is 2. The summed E-state index contributed by atoms with van der Waals surface area (Å²) in [7, 11) is 0. The number of halogens is 3. The fourth-order valence-corrected chi connectivity index (χ4v) is 1.13. The van der Waals surface area contributed by atoms with Gasteiger partial charge in [0.15, 0.2) is 0 Å². The van der Waals surface area contributed by atoms with Gasteiger partial charge in [0.1, 0.15) is 12.3 Å². The van der Waals surface area contributed by atoms with E-state index in [1.165, 1.54) is 11.7 Å². The lowest BCUT2D eigenvalue weighted by molar-refractivity contribution is -0.176. The maximum Gasteiger partial charge on any atom is 0.471 e. The lowest BCUT2D eigenvalue weighted by Crippen LogP contribution is -2.62. The fraction of sp³-hybridized carbons (Fsp3) is 0.714. The molecule has 0 saturated carbocycles. The Morgan fingerprint density at radius 3 is 2.60 bits per heavy atom. The second-order valence-corrected chi connectivity index (χ2v) is 3.07. The molecule has 1 rings (SSSR count). The van der Waals surface area contributed by atoms with Crippen LogP contribution in [0.5, 0.6) is 0 Å². The van der Waals surface area contributed by atoms with Crippen LogP contribution in [0.25, 0.3) is 0 Å². The molecular weight excluding hydrogens is 217 g/mol. The molecule has 1 aliphatic heterocycles. The van der Waals surface area contributed by atoms with Crippen LogP contribution in [0.2, 0.25) is 0 Å². The number of alkyl halides is 3. The van der Waals surface area contributed by atoms with E-state index >= 15 is 0 Å². The molecule has 0 bridgehead atoms. The van der Waals surface area contributed by atoms with E-state index in [-0.39, 0.29) is 6.54 Å². The molecule has 1 radical (unpaired) electrons. The fourth-order valence-electron chi connectivity index (χ4n) is 1.13. The maximum absolute atomic E-state index is 11.8. The molecule has 15 heavy (non-hydrogen) atoms. The average molecular weight is 227 g/mol. The van der Waals surface area contributed by atoms with Crippen molar-refractivity contribution in [1.29, 1.82) is 0 Å². The standard InChI is InChI=1S/C7H10F3N2O3/c8-7(9,10)6(15)12-5-4(14)3(13)1-2-11-5/h1,3-5,11,13-14H,2H2,(H,12,15)/t3-,4-,5?/m0/s1. The van der Waals surface area contributed by atoms with Gasteiger partial charge in [-0.1, -0.05) is 0 Å². The first kappa shape index (κ1) is 12.2. The van der Waals surface area contributed by atoms with Crippen molar-refractivity contribution in [3.63, 3.8) is 0 Å². The molecule has 0 aromatic rings. The molecule has 3 atom stereocenters. The van der Waals surface area contributed by atoms with Crippen molar-refractivity contribution < 1.29 is 28.2 Å². The maximum atomic E-state index is 11.8. The smallest absolute Gasteiger partial charge is 0.390 e. The molecule has 1 unspecified atom stereocenters. The number of amides is 1. The summed E-state index contributed by atoms with van der Waals surface area (Å²) < 4.78 is 35.5. The zero-order chi connectivity index (χ0) is 11.6. The van der Waals surface area contributed by atoms with Gasteiger partial charge in [-0.2, -0.15) is 13.2 Å². The highest BCUT2D eigenvalue weighted by Gasteiger charge is 2.42. The van der Waals surface area contributed by atoms with Gasteiger partial charge in [-0.3, -0.25) is 10.1 Å². The zero-order valence-corrected chi connectivity index (χ0v) is 7.45. The molecule has 87 valence electrons. The van der Waals surface area contributed by atoms with Gasteiger partial charge >= 0.3 is 12.1 Å². The summed E-state index contributed by atoms with van der Waals surface area (Å²) >= 11 is 0. The second-order valence-electron chi connectivity index (χ2n) is 3.07. The van der Waals surface area contributed by atoms with Crippen LogP contribution in [0.3, 0.4) is 0 Å². The monoisotopic (exact) mass is 227 g/mol. The molecule has 1 fully saturated rings. The van der Waals surface area contributed by atoms with Crippen molar-refractivity contribution in [2.24, 2.45) is 0 Å². The Morgan fingerprint density at radius 2 is 2.07 bits per heavy atom. The normalized spacial score (nSPS) is 32.5. The van der Waals surface area contributed by atoms with E-state index in [9.17, 15) is 23.1 Å². The average Bonchev–Trinajstić information content (AvgIpc) is 2.11. The van der Waals surface area contributed by atoms with Crippen molar-refractivity contribution >= 4 is 5.91 Å². The summed E-state index contributed by atoms with van der Waals surface area (Å²) in [5.41, 5.74) is 0. The van der Waals surface area contributed by atoms with E-state index in [1.54, 1.807) is 0 Å². The van der Waals surface area contributed by atoms with Crippen LogP contribution in [0.1, 0.15) is 0 Å². The van der Waals surface area contributed by atoms with E-state index in [2.05, 4.69) is 5.32 Å². The molecule has 8 heteroatoms. The van der Waals surface area contributed by atoms with E-state index in [0.717, 1.165) is 0 Å². The first-order valence-electron chi connectivity index (χ1n) is 4.13. The van der Waals surface area contributed by atoms with Crippen LogP contribution in [0, 0.1) is 6.42 Å². The largest absolute Gasteiger partial charge is 0.471 e. The molecule has 0 aromatic carbocycles. The third kappa shape index (κ3) is 3.05. The van der Waals surface area contributed by atoms with Crippen LogP contribution in [-0.4, -0.2) is 47.2 Å². The summed E-state index contributed by atoms with van der Waals surface area (Å²) in [5.74, 6) is -2.16. The number of hydrogen-bond acceptors (Lipinski definition) is 4. The lowest BCUT2D eigenvalue weighted by Gasteiger charge is -2.33. The third-order valence-corrected chi connectivity index (χ3v) is 1.93. The molecule has 1 aliphatic rings. The number of rotatable bonds is 1. The summed E-state index contributed by atoms with van der Waals surface area (Å²) in [4.78, 5) is 10.5. The summed E-state index contributed by atoms with van der Waals surface area (Å²) in [6.07, 6.45) is -7.79. The highest BCUT2D eigenvalue weighted by atomic mass is 19.4. The Morgan fingerprint density at radius 1 is 1.47 bits per heavy atom. The first-order chi connectivity index (χ1) is 6.82. The minimum atomic E-state index is -5.01. The first-order valence-corrected chi connectivity index (χ1v) is 4.13. The van der Waals surface area contributed by atoms with Crippen molar-refractivity contribution in [2.75, 3.05) is 6.54 Å². The summed E-state index contributed by atoms with van der Waals surface area (Å²) in [5, 5.41) is 22.3. The third-order valence-electron chi connectivity index (χ3n) is 1.93. The van der Waals surface area contributed by atoms with Crippen molar-refractivity contribution in [3.8, 4) is 0 Å². The van der Waals surface area contributed by atoms with E-state index < -0.39 is 30.5 Å². The van der Waals surface area contributed by atoms with Crippen LogP contribution < -0.4 is 10.6 Å². The SMILES string of the molecule is O=C(NC1NC[CH][C@H](O)[C@@H]1O)C(F)(F)F. The number of carbonyl (C=O) groups is 1. The molecule has 1 heterocycles. The predicted octanol–water partition coefficient (Wildman–Crippen LogP) is -1.48. The zero-order valence-electron chi connectivity index (χ0n) is 7.45. The number of hydrogen-bond donors (Lipinski definition) is 4. The van der Waals surface area contributed by atoms with Gasteiger partial charge in [-0.25, -0.2) is 0 Å². The van der Waals surface area contributed by atoms with Gasteiger partial charge in [-0.15, -0.1) is 0 Å². The minimum Gasteiger partial charge on any atom is -0.390 e. The number of nitrogens with one attached hydrogen (secondary N) is 2. The molecular formula is C7H10F3N2O3. The minimum absolute atomic E-state index is 0.0982. The van der Waals surface area contributed by atoms with Crippen LogP contribution in [0.4, 0.5) is 13.2 Å². The summed E-state index contributed by atoms with van der Waals surface area (Å²) in [6, 6.07) is 0. The van der Waals surface area contributed by atoms with Crippen molar-refractivity contribution in [1.82, 2.24) is 10.6 Å². The predicted molar refractivity (Wildman–Crippen MR) is 42.3 cm³/mol. The number of piperidine rings is 1. The molecule has 0 spiro atoms. The Kier molecular flexibility index (Phi) is 3.53. The second kappa shape index (κ2) is 4.33. The Labute approximate surface area is 83.3 Å². The van der Waals surface area contributed by atoms with Gasteiger partial charge < -0.3 is 15.5 Å². The van der Waals surface area contributed by atoms with Gasteiger partial charge in [0, 0.05) is 13.0 Å². The van der Waals surface area contributed by atoms with Gasteiger partial charge in [0.2, 0.25) is 0 Å². The Balaban J connectivity index is 2.54. The lowest BCUT2D eigenvalue weighted by atomic mass is 10.0. The molecule has 5 nitrogen and oxygen atoms in total. The van der Waals surface area contributed by atoms with Crippen LogP contribution >= 0.6 is 0 Å². The molecule has 0 aromatic heterocycles. The van der Waals surface area contributed by atoms with E-state index in [4.69, 9.17) is 5.11 Å². The van der Waals surface area contributed by atoms with Gasteiger partial charge in [0.25, 0.3) is 0 Å². The molecule has 4 N–H and O–H groups in total. The quantitative estimate of drug-likeness (QED) is 0.440. The van der Waals surface area contributed by atoms with Crippen molar-refractivity contribution in [3.05, 3.63) is 6.42 Å². The van der Waals surface area contributed by atoms with Crippen LogP contribution in [-0.2, 0) is 4.79 Å². The van der Waals surface area contributed by atoms with Gasteiger partial charge in [0.05, 0.1) is 6.10 Å². The van der Waals surface area contributed by atoms with Gasteiger partial charge in [-0.05, 0) is 0 Å². The van der Waals surface area contributed by atoms with E-state index in [0.29, 0.717) is 0 Å². The topological polar surface area (TPSA) is 81.6 Å². The van der Waals surface area contributed by atoms with Crippen LogP contribution in [0.15, 0.2) is 0 Å². The highest BCUT2D eigenvalue weighted by Crippen LogP contribution is 2.15. The Bertz CT molecular complexity index is 246. The Hall–Kier alpha value is -0.860. The molecule has 1 amide bonds. The molecule has 1 saturated heterocycles. The van der Waals surface area contributed by atoms with Crippen molar-refractivity contribution in [2.45, 2.75) is 24.6 Å². The highest BCUT2D eigenvalue weighted by molar-refractivity contribution is 5.81. The summed E-state index contributed by atoms with van der Waals surface area (Å²) in [6.45, 7) is 0.0982. The van der Waals surface area contributed by atoms with E-state index in [1.807, 2.05) is 0 Å². The number of aliphatic hydroxyl groups excluding tert-OH is 2. The number of carbonyl (C=O) groups excluding carboxylic acids is 1. The molecule has 0 aliphatic carbocycles.